The molecule has 0 aliphatic carbocycles. The van der Waals surface area contributed by atoms with Crippen LogP contribution in [0.4, 0.5) is 4.79 Å². The molecule has 23 heavy (non-hydrogen) atoms. The third kappa shape index (κ3) is 8.15. The predicted octanol–water partition coefficient (Wildman–Crippen LogP) is 3.53. The van der Waals surface area contributed by atoms with Crippen LogP contribution in [-0.4, -0.2) is 47.4 Å². The average molecular weight is 407 g/mol. The zero-order chi connectivity index (χ0) is 17.6. The van der Waals surface area contributed by atoms with Gasteiger partial charge in [0.1, 0.15) is 5.60 Å². The lowest BCUT2D eigenvalue weighted by Crippen LogP contribution is -2.43. The fourth-order valence-corrected chi connectivity index (χ4v) is 3.50. The fraction of sp³-hybridized carbons (Fsp3) is 0.688. The summed E-state index contributed by atoms with van der Waals surface area (Å²) in [6, 6.07) is 2.11. The number of ether oxygens (including phenoxy) is 1. The van der Waals surface area contributed by atoms with Gasteiger partial charge in [-0.3, -0.25) is 0 Å². The van der Waals surface area contributed by atoms with Crippen LogP contribution in [0.3, 0.4) is 0 Å². The van der Waals surface area contributed by atoms with Crippen molar-refractivity contribution < 1.29 is 14.6 Å². The van der Waals surface area contributed by atoms with Gasteiger partial charge in [-0.2, -0.15) is 0 Å². The molecule has 0 aliphatic heterocycles. The van der Waals surface area contributed by atoms with Crippen LogP contribution in [0.1, 0.15) is 37.4 Å². The Morgan fingerprint density at radius 3 is 2.65 bits per heavy atom. The highest BCUT2D eigenvalue weighted by atomic mass is 79.9. The van der Waals surface area contributed by atoms with Gasteiger partial charge in [0.25, 0.3) is 0 Å². The predicted molar refractivity (Wildman–Crippen MR) is 98.0 cm³/mol. The van der Waals surface area contributed by atoms with Gasteiger partial charge >= 0.3 is 6.09 Å². The van der Waals surface area contributed by atoms with Crippen LogP contribution in [0.25, 0.3) is 0 Å². The summed E-state index contributed by atoms with van der Waals surface area (Å²) >= 11 is 5.25. The summed E-state index contributed by atoms with van der Waals surface area (Å²) in [5.41, 5.74) is -0.539. The Labute approximate surface area is 151 Å². The average Bonchev–Trinajstić information content (AvgIpc) is 2.70. The van der Waals surface area contributed by atoms with Gasteiger partial charge in [0.2, 0.25) is 0 Å². The third-order valence-electron chi connectivity index (χ3n) is 2.90. The van der Waals surface area contributed by atoms with E-state index in [9.17, 15) is 9.90 Å². The third-order valence-corrected chi connectivity index (χ3v) is 5.04. The van der Waals surface area contributed by atoms with Crippen molar-refractivity contribution in [1.82, 2.24) is 10.2 Å². The molecule has 0 aromatic carbocycles. The minimum Gasteiger partial charge on any atom is -0.444 e. The van der Waals surface area contributed by atoms with E-state index in [1.807, 2.05) is 20.8 Å². The first-order valence-electron chi connectivity index (χ1n) is 7.70. The number of aliphatic hydroxyl groups excluding tert-OH is 1. The van der Waals surface area contributed by atoms with E-state index in [1.165, 1.54) is 9.75 Å². The van der Waals surface area contributed by atoms with Crippen molar-refractivity contribution in [2.24, 2.45) is 0 Å². The second kappa shape index (κ2) is 9.01. The summed E-state index contributed by atoms with van der Waals surface area (Å²) in [5.74, 6) is 0. The molecule has 5 nitrogen and oxygen atoms in total. The van der Waals surface area contributed by atoms with Gasteiger partial charge in [0.05, 0.1) is 6.10 Å². The van der Waals surface area contributed by atoms with Crippen LogP contribution in [0, 0.1) is 6.92 Å². The lowest BCUT2D eigenvalue weighted by molar-refractivity contribution is 0.0164. The van der Waals surface area contributed by atoms with Gasteiger partial charge in [0.15, 0.2) is 0 Å². The number of hydrogen-bond donors (Lipinski definition) is 2. The van der Waals surface area contributed by atoms with Crippen LogP contribution in [0.2, 0.25) is 0 Å². The van der Waals surface area contributed by atoms with E-state index in [0.717, 1.165) is 11.0 Å². The zero-order valence-corrected chi connectivity index (χ0v) is 16.9. The van der Waals surface area contributed by atoms with Gasteiger partial charge < -0.3 is 20.1 Å². The number of aliphatic hydroxyl groups is 1. The molecular formula is C16H27BrN2O3S. The molecule has 7 heteroatoms. The smallest absolute Gasteiger partial charge is 0.410 e. The number of amides is 1. The van der Waals surface area contributed by atoms with E-state index >= 15 is 0 Å². The Hall–Kier alpha value is -0.630. The number of thiophene rings is 1. The summed E-state index contributed by atoms with van der Waals surface area (Å²) in [6.07, 6.45) is -0.978. The van der Waals surface area contributed by atoms with Gasteiger partial charge in [-0.25, -0.2) is 4.79 Å². The molecule has 1 amide bonds. The molecule has 0 radical (unpaired) electrons. The molecular weight excluding hydrogens is 380 g/mol. The molecule has 0 bridgehead atoms. The standard InChI is InChI=1S/C16H27BrN2O3S/c1-11(20)10-19(15(21)22-16(3,4)5)7-6-18-9-13-8-14(17)12(2)23-13/h8,11,18,20H,6-7,9-10H2,1-5H3. The first-order valence-corrected chi connectivity index (χ1v) is 9.31. The second-order valence-electron chi connectivity index (χ2n) is 6.57. The van der Waals surface area contributed by atoms with E-state index < -0.39 is 17.8 Å². The largest absolute Gasteiger partial charge is 0.444 e. The summed E-state index contributed by atoms with van der Waals surface area (Å²) in [4.78, 5) is 16.2. The van der Waals surface area contributed by atoms with E-state index in [-0.39, 0.29) is 6.54 Å². The first-order chi connectivity index (χ1) is 10.6. The number of carbonyl (C=O) groups excluding carboxylic acids is 1. The molecule has 1 aromatic rings. The number of hydrogen-bond acceptors (Lipinski definition) is 5. The maximum absolute atomic E-state index is 12.2. The van der Waals surface area contributed by atoms with Crippen molar-refractivity contribution in [3.63, 3.8) is 0 Å². The lowest BCUT2D eigenvalue weighted by Gasteiger charge is -2.28. The van der Waals surface area contributed by atoms with Crippen molar-refractivity contribution in [1.29, 1.82) is 0 Å². The molecule has 132 valence electrons. The molecule has 1 aromatic heterocycles. The van der Waals surface area contributed by atoms with Crippen LogP contribution < -0.4 is 5.32 Å². The second-order valence-corrected chi connectivity index (χ2v) is 8.76. The van der Waals surface area contributed by atoms with Crippen molar-refractivity contribution in [3.8, 4) is 0 Å². The minimum absolute atomic E-state index is 0.264. The number of rotatable bonds is 7. The molecule has 1 heterocycles. The van der Waals surface area contributed by atoms with Gasteiger partial charge in [-0.05, 0) is 56.6 Å². The Balaban J connectivity index is 2.46. The van der Waals surface area contributed by atoms with Crippen molar-refractivity contribution in [2.45, 2.75) is 52.9 Å². The monoisotopic (exact) mass is 406 g/mol. The molecule has 2 N–H and O–H groups in total. The highest BCUT2D eigenvalue weighted by Crippen LogP contribution is 2.26. The topological polar surface area (TPSA) is 61.8 Å². The Morgan fingerprint density at radius 2 is 2.17 bits per heavy atom. The SMILES string of the molecule is Cc1sc(CNCCN(CC(C)O)C(=O)OC(C)(C)C)cc1Br. The Bertz CT molecular complexity index is 492. The van der Waals surface area contributed by atoms with Crippen molar-refractivity contribution >= 4 is 33.4 Å². The van der Waals surface area contributed by atoms with Crippen LogP contribution >= 0.6 is 27.3 Å². The fourth-order valence-electron chi connectivity index (χ4n) is 1.93. The Morgan fingerprint density at radius 1 is 1.52 bits per heavy atom. The number of nitrogens with one attached hydrogen (secondary N) is 1. The quantitative estimate of drug-likeness (QED) is 0.679. The highest BCUT2D eigenvalue weighted by molar-refractivity contribution is 9.10. The normalized spacial score (nSPS) is 13.0. The number of aryl methyl sites for hydroxylation is 1. The molecule has 1 atom stereocenters. The zero-order valence-electron chi connectivity index (χ0n) is 14.5. The summed E-state index contributed by atoms with van der Waals surface area (Å²) in [6.45, 7) is 11.4. The summed E-state index contributed by atoms with van der Waals surface area (Å²) in [5, 5.41) is 12.9. The van der Waals surface area contributed by atoms with E-state index in [4.69, 9.17) is 4.74 Å². The molecule has 0 aliphatic rings. The molecule has 1 rings (SSSR count). The highest BCUT2D eigenvalue weighted by Gasteiger charge is 2.22. The molecule has 0 spiro atoms. The summed E-state index contributed by atoms with van der Waals surface area (Å²) in [7, 11) is 0. The summed E-state index contributed by atoms with van der Waals surface area (Å²) < 4.78 is 6.51. The van der Waals surface area contributed by atoms with Crippen LogP contribution in [-0.2, 0) is 11.3 Å². The maximum Gasteiger partial charge on any atom is 0.410 e. The molecule has 0 fully saturated rings. The van der Waals surface area contributed by atoms with E-state index in [0.29, 0.717) is 13.1 Å². The molecule has 1 unspecified atom stereocenters. The molecule has 0 saturated carbocycles. The van der Waals surface area contributed by atoms with Gasteiger partial charge in [0, 0.05) is 40.4 Å². The van der Waals surface area contributed by atoms with Crippen LogP contribution in [0.5, 0.6) is 0 Å². The lowest BCUT2D eigenvalue weighted by atomic mass is 10.2. The van der Waals surface area contributed by atoms with Gasteiger partial charge in [-0.15, -0.1) is 11.3 Å². The van der Waals surface area contributed by atoms with Crippen LogP contribution in [0.15, 0.2) is 10.5 Å². The maximum atomic E-state index is 12.2. The van der Waals surface area contributed by atoms with Crippen molar-refractivity contribution in [3.05, 3.63) is 20.3 Å². The van der Waals surface area contributed by atoms with E-state index in [2.05, 4.69) is 34.2 Å². The van der Waals surface area contributed by atoms with Gasteiger partial charge in [-0.1, -0.05) is 0 Å². The van der Waals surface area contributed by atoms with E-state index in [1.54, 1.807) is 23.2 Å². The molecule has 0 saturated heterocycles. The number of halogens is 1. The first kappa shape index (κ1) is 20.4. The Kier molecular flexibility index (Phi) is 8.00. The minimum atomic E-state index is -0.585. The number of carbonyl (C=O) groups is 1. The van der Waals surface area contributed by atoms with Crippen molar-refractivity contribution in [2.75, 3.05) is 19.6 Å². The number of nitrogens with zero attached hydrogens (tertiary/aromatic N) is 1.